The van der Waals surface area contributed by atoms with Gasteiger partial charge in [0.1, 0.15) is 6.04 Å². The molecule has 2 aliphatic heterocycles. The Morgan fingerprint density at radius 2 is 2.00 bits per heavy atom. The molecule has 7 nitrogen and oxygen atoms in total. The Labute approximate surface area is 180 Å². The van der Waals surface area contributed by atoms with Gasteiger partial charge in [-0.05, 0) is 63.1 Å². The molecule has 1 saturated heterocycles. The second kappa shape index (κ2) is 7.27. The Hall–Kier alpha value is -3.61. The van der Waals surface area contributed by atoms with Crippen LogP contribution < -0.4 is 10.6 Å². The average molecular weight is 416 g/mol. The third kappa shape index (κ3) is 3.17. The summed E-state index contributed by atoms with van der Waals surface area (Å²) in [5.41, 5.74) is 2.98. The maximum atomic E-state index is 13.1. The van der Waals surface area contributed by atoms with E-state index in [0.29, 0.717) is 35.5 Å². The average Bonchev–Trinajstić information content (AvgIpc) is 3.39. The van der Waals surface area contributed by atoms with Crippen molar-refractivity contribution in [3.05, 3.63) is 59.8 Å². The molecule has 1 fully saturated rings. The van der Waals surface area contributed by atoms with Gasteiger partial charge in [0.05, 0.1) is 11.3 Å². The van der Waals surface area contributed by atoms with Crippen LogP contribution in [0.25, 0.3) is 10.9 Å². The van der Waals surface area contributed by atoms with E-state index < -0.39 is 6.04 Å². The predicted octanol–water partition coefficient (Wildman–Crippen LogP) is 4.03. The molecule has 2 N–H and O–H groups in total. The van der Waals surface area contributed by atoms with E-state index >= 15 is 0 Å². The second-order valence-corrected chi connectivity index (χ2v) is 8.42. The number of carbonyl (C=O) groups is 3. The Bertz CT molecular complexity index is 1230. The van der Waals surface area contributed by atoms with Gasteiger partial charge in [-0.3, -0.25) is 14.4 Å². The molecule has 2 aliphatic rings. The first kappa shape index (κ1) is 19.4. The van der Waals surface area contributed by atoms with Crippen molar-refractivity contribution in [2.45, 2.75) is 38.8 Å². The first-order valence-corrected chi connectivity index (χ1v) is 10.6. The van der Waals surface area contributed by atoms with Crippen LogP contribution in [-0.4, -0.2) is 39.8 Å². The first-order chi connectivity index (χ1) is 14.9. The van der Waals surface area contributed by atoms with Crippen molar-refractivity contribution in [2.75, 3.05) is 17.2 Å². The van der Waals surface area contributed by atoms with E-state index in [1.54, 1.807) is 29.2 Å². The molecule has 0 spiro atoms. The molecule has 0 saturated carbocycles. The number of hydrogen-bond donors (Lipinski definition) is 2. The third-order valence-electron chi connectivity index (χ3n) is 6.15. The zero-order valence-electron chi connectivity index (χ0n) is 17.5. The fourth-order valence-corrected chi connectivity index (χ4v) is 4.60. The van der Waals surface area contributed by atoms with E-state index in [0.717, 1.165) is 17.3 Å². The lowest BCUT2D eigenvalue weighted by Crippen LogP contribution is -2.40. The number of nitrogens with zero attached hydrogens (tertiary/aromatic N) is 2. The topological polar surface area (TPSA) is 83.4 Å². The maximum Gasteiger partial charge on any atom is 0.256 e. The molecule has 0 aliphatic carbocycles. The molecule has 5 rings (SSSR count). The summed E-state index contributed by atoms with van der Waals surface area (Å²) >= 11 is 0. The van der Waals surface area contributed by atoms with Gasteiger partial charge in [-0.25, -0.2) is 0 Å². The number of anilines is 2. The molecule has 7 heteroatoms. The highest BCUT2D eigenvalue weighted by atomic mass is 16.2. The van der Waals surface area contributed by atoms with Gasteiger partial charge in [-0.15, -0.1) is 0 Å². The SMILES string of the molecule is CC(C)n1ccc2c(C(=O)Nc3ccc4c(c3)C(=O)N3CCCC3C(=O)N4)cccc21. The van der Waals surface area contributed by atoms with Crippen LogP contribution in [-0.2, 0) is 4.79 Å². The summed E-state index contributed by atoms with van der Waals surface area (Å²) in [6, 6.07) is 12.5. The predicted molar refractivity (Wildman–Crippen MR) is 119 cm³/mol. The normalized spacial score (nSPS) is 18.0. The number of carbonyl (C=O) groups excluding carboxylic acids is 3. The molecule has 158 valence electrons. The van der Waals surface area contributed by atoms with E-state index in [9.17, 15) is 14.4 Å². The van der Waals surface area contributed by atoms with Crippen LogP contribution in [0.4, 0.5) is 11.4 Å². The van der Waals surface area contributed by atoms with Crippen LogP contribution in [0, 0.1) is 0 Å². The van der Waals surface area contributed by atoms with Crippen LogP contribution in [0.3, 0.4) is 0 Å². The minimum Gasteiger partial charge on any atom is -0.345 e. The highest BCUT2D eigenvalue weighted by molar-refractivity contribution is 6.14. The number of fused-ring (bicyclic) bond motifs is 3. The van der Waals surface area contributed by atoms with Crippen LogP contribution in [0.2, 0.25) is 0 Å². The summed E-state index contributed by atoms with van der Waals surface area (Å²) in [5, 5.41) is 6.66. The summed E-state index contributed by atoms with van der Waals surface area (Å²) in [4.78, 5) is 40.2. The molecule has 31 heavy (non-hydrogen) atoms. The number of amides is 3. The number of benzene rings is 2. The van der Waals surface area contributed by atoms with Crippen molar-refractivity contribution in [3.63, 3.8) is 0 Å². The smallest absolute Gasteiger partial charge is 0.256 e. The Balaban J connectivity index is 1.46. The van der Waals surface area contributed by atoms with Gasteiger partial charge in [0.15, 0.2) is 0 Å². The number of hydrogen-bond acceptors (Lipinski definition) is 3. The monoisotopic (exact) mass is 416 g/mol. The summed E-state index contributed by atoms with van der Waals surface area (Å²) in [7, 11) is 0. The summed E-state index contributed by atoms with van der Waals surface area (Å²) in [6.07, 6.45) is 3.48. The maximum absolute atomic E-state index is 13.1. The number of rotatable bonds is 3. The van der Waals surface area contributed by atoms with Gasteiger partial charge in [-0.1, -0.05) is 6.07 Å². The van der Waals surface area contributed by atoms with E-state index in [1.807, 2.05) is 24.4 Å². The fraction of sp³-hybridized carbons (Fsp3) is 0.292. The lowest BCUT2D eigenvalue weighted by atomic mass is 10.1. The van der Waals surface area contributed by atoms with Gasteiger partial charge in [0, 0.05) is 40.9 Å². The van der Waals surface area contributed by atoms with Crippen molar-refractivity contribution in [3.8, 4) is 0 Å². The summed E-state index contributed by atoms with van der Waals surface area (Å²) < 4.78 is 2.13. The van der Waals surface area contributed by atoms with Crippen molar-refractivity contribution in [1.82, 2.24) is 9.47 Å². The van der Waals surface area contributed by atoms with E-state index in [2.05, 4.69) is 29.0 Å². The molecule has 0 bridgehead atoms. The van der Waals surface area contributed by atoms with Crippen LogP contribution in [0.5, 0.6) is 0 Å². The molecule has 3 heterocycles. The first-order valence-electron chi connectivity index (χ1n) is 10.6. The van der Waals surface area contributed by atoms with Crippen molar-refractivity contribution < 1.29 is 14.4 Å². The quantitative estimate of drug-likeness (QED) is 0.676. The zero-order chi connectivity index (χ0) is 21.7. The van der Waals surface area contributed by atoms with Gasteiger partial charge in [-0.2, -0.15) is 0 Å². The molecule has 3 aromatic rings. The standard InChI is InChI=1S/C24H24N4O3/c1-14(2)27-12-10-16-17(5-3-6-20(16)27)22(29)25-15-8-9-19-18(13-15)24(31)28-11-4-7-21(28)23(30)26-19/h3,5-6,8-10,12-14,21H,4,7,11H2,1-2H3,(H,25,29)(H,26,30). The Kier molecular flexibility index (Phi) is 4.54. The Morgan fingerprint density at radius 1 is 1.16 bits per heavy atom. The van der Waals surface area contributed by atoms with Crippen molar-refractivity contribution in [2.24, 2.45) is 0 Å². The van der Waals surface area contributed by atoms with Crippen molar-refractivity contribution in [1.29, 1.82) is 0 Å². The number of nitrogens with one attached hydrogen (secondary N) is 2. The van der Waals surface area contributed by atoms with Crippen molar-refractivity contribution >= 4 is 40.0 Å². The molecular weight excluding hydrogens is 392 g/mol. The van der Waals surface area contributed by atoms with Gasteiger partial charge in [0.2, 0.25) is 5.91 Å². The molecule has 2 aromatic carbocycles. The zero-order valence-corrected chi connectivity index (χ0v) is 17.5. The Morgan fingerprint density at radius 3 is 2.81 bits per heavy atom. The molecule has 1 atom stereocenters. The molecule has 1 unspecified atom stereocenters. The highest BCUT2D eigenvalue weighted by Gasteiger charge is 2.38. The van der Waals surface area contributed by atoms with E-state index in [-0.39, 0.29) is 23.8 Å². The summed E-state index contributed by atoms with van der Waals surface area (Å²) in [5.74, 6) is -0.568. The minimum absolute atomic E-state index is 0.150. The fourth-order valence-electron chi connectivity index (χ4n) is 4.60. The van der Waals surface area contributed by atoms with E-state index in [4.69, 9.17) is 0 Å². The second-order valence-electron chi connectivity index (χ2n) is 8.42. The van der Waals surface area contributed by atoms with Crippen LogP contribution >= 0.6 is 0 Å². The largest absolute Gasteiger partial charge is 0.345 e. The van der Waals surface area contributed by atoms with Gasteiger partial charge < -0.3 is 20.1 Å². The third-order valence-corrected chi connectivity index (χ3v) is 6.15. The number of aromatic nitrogens is 1. The van der Waals surface area contributed by atoms with Crippen LogP contribution in [0.1, 0.15) is 53.4 Å². The highest BCUT2D eigenvalue weighted by Crippen LogP contribution is 2.31. The minimum atomic E-state index is -0.416. The summed E-state index contributed by atoms with van der Waals surface area (Å²) in [6.45, 7) is 4.77. The van der Waals surface area contributed by atoms with E-state index in [1.165, 1.54) is 0 Å². The molecule has 0 radical (unpaired) electrons. The van der Waals surface area contributed by atoms with Gasteiger partial charge in [0.25, 0.3) is 11.8 Å². The van der Waals surface area contributed by atoms with Gasteiger partial charge >= 0.3 is 0 Å². The lowest BCUT2D eigenvalue weighted by molar-refractivity contribution is -0.119. The molecule has 3 amide bonds. The van der Waals surface area contributed by atoms with Crippen LogP contribution in [0.15, 0.2) is 48.7 Å². The lowest BCUT2D eigenvalue weighted by Gasteiger charge is -2.20. The molecule has 1 aromatic heterocycles. The molecular formula is C24H24N4O3.